The van der Waals surface area contributed by atoms with Crippen LogP contribution < -0.4 is 9.03 Å². The maximum atomic E-state index is 14.7. The molecule has 0 spiro atoms. The zero-order valence-electron chi connectivity index (χ0n) is 18.3. The van der Waals surface area contributed by atoms with Crippen molar-refractivity contribution in [1.29, 1.82) is 0 Å². The summed E-state index contributed by atoms with van der Waals surface area (Å²) < 4.78 is 74.0. The van der Waals surface area contributed by atoms with Crippen molar-refractivity contribution in [3.8, 4) is 11.3 Å². The van der Waals surface area contributed by atoms with Crippen molar-refractivity contribution < 1.29 is 26.0 Å². The van der Waals surface area contributed by atoms with Gasteiger partial charge in [0.15, 0.2) is 0 Å². The largest absolute Gasteiger partial charge is 0.359 e. The molecule has 2 heterocycles. The average Bonchev–Trinajstić information content (AvgIpc) is 2.85. The molecule has 180 valence electrons. The van der Waals surface area contributed by atoms with Crippen molar-refractivity contribution in [2.45, 2.75) is 4.90 Å². The Kier molecular flexibility index (Phi) is 5.91. The van der Waals surface area contributed by atoms with Crippen molar-refractivity contribution in [3.05, 3.63) is 84.8 Å². The quantitative estimate of drug-likeness (QED) is 0.433. The lowest BCUT2D eigenvalue weighted by Gasteiger charge is -2.28. The van der Waals surface area contributed by atoms with E-state index in [1.165, 1.54) is 42.5 Å². The molecule has 0 aliphatic carbocycles. The smallest absolute Gasteiger partial charge is 0.261 e. The number of benzene rings is 3. The van der Waals surface area contributed by atoms with Gasteiger partial charge in [-0.3, -0.25) is 9.71 Å². The Morgan fingerprint density at radius 1 is 1.00 bits per heavy atom. The van der Waals surface area contributed by atoms with Crippen molar-refractivity contribution in [3.63, 3.8) is 0 Å². The van der Waals surface area contributed by atoms with Crippen molar-refractivity contribution in [1.82, 2.24) is 4.98 Å². The molecular formula is C24H20FN3O5S2. The number of sulfonamides is 2. The number of rotatable bonds is 5. The number of anilines is 2. The Morgan fingerprint density at radius 2 is 1.77 bits per heavy atom. The van der Waals surface area contributed by atoms with Gasteiger partial charge in [0.25, 0.3) is 10.0 Å². The molecule has 0 saturated carbocycles. The van der Waals surface area contributed by atoms with Gasteiger partial charge < -0.3 is 4.74 Å². The van der Waals surface area contributed by atoms with Crippen LogP contribution in [0.3, 0.4) is 0 Å². The minimum Gasteiger partial charge on any atom is -0.359 e. The third-order valence-corrected chi connectivity index (χ3v) is 8.68. The van der Waals surface area contributed by atoms with E-state index in [0.29, 0.717) is 11.4 Å². The molecule has 0 bridgehead atoms. The summed E-state index contributed by atoms with van der Waals surface area (Å²) in [7, 11) is -7.56. The summed E-state index contributed by atoms with van der Waals surface area (Å²) >= 11 is 0. The SMILES string of the molecule is O=S(=O)(Nc1ccc(F)c(-c2nccc3ccccc23)c1)c1ccc(N2COCCS2(=O)=O)cc1. The molecule has 0 radical (unpaired) electrons. The average molecular weight is 514 g/mol. The second-order valence-electron chi connectivity index (χ2n) is 7.88. The maximum Gasteiger partial charge on any atom is 0.261 e. The van der Waals surface area contributed by atoms with Gasteiger partial charge >= 0.3 is 0 Å². The van der Waals surface area contributed by atoms with Crippen LogP contribution in [-0.4, -0.2) is 40.9 Å². The molecule has 35 heavy (non-hydrogen) atoms. The number of ether oxygens (including phenoxy) is 1. The van der Waals surface area contributed by atoms with Crippen LogP contribution in [-0.2, 0) is 24.8 Å². The zero-order valence-corrected chi connectivity index (χ0v) is 19.9. The van der Waals surface area contributed by atoms with E-state index >= 15 is 0 Å². The number of hydrogen-bond acceptors (Lipinski definition) is 6. The molecule has 1 aliphatic rings. The summed E-state index contributed by atoms with van der Waals surface area (Å²) in [6, 6.07) is 18.5. The summed E-state index contributed by atoms with van der Waals surface area (Å²) in [5.41, 5.74) is 1.02. The zero-order chi connectivity index (χ0) is 24.6. The van der Waals surface area contributed by atoms with E-state index in [1.54, 1.807) is 6.20 Å². The minimum absolute atomic E-state index is 0.0780. The molecule has 5 rings (SSSR count). The molecule has 11 heteroatoms. The fourth-order valence-corrected chi connectivity index (χ4v) is 6.12. The standard InChI is InChI=1S/C24H20FN3O5S2/c25-23-10-5-18(15-22(23)24-21-4-2-1-3-17(21)11-12-26-24)27-35(31,32)20-8-6-19(7-9-20)28-16-33-13-14-34(28,29)30/h1-12,15,27H,13-14,16H2. The minimum atomic E-state index is -4.04. The fourth-order valence-electron chi connectivity index (χ4n) is 3.85. The number of halogens is 1. The highest BCUT2D eigenvalue weighted by Crippen LogP contribution is 2.31. The van der Waals surface area contributed by atoms with Gasteiger partial charge in [-0.15, -0.1) is 0 Å². The first kappa shape index (κ1) is 23.2. The van der Waals surface area contributed by atoms with Crippen LogP contribution in [0.2, 0.25) is 0 Å². The molecule has 0 unspecified atom stereocenters. The summed E-state index contributed by atoms with van der Waals surface area (Å²) in [5.74, 6) is -0.682. The molecule has 1 fully saturated rings. The molecule has 4 aromatic rings. The lowest BCUT2D eigenvalue weighted by Crippen LogP contribution is -2.41. The normalized spacial score (nSPS) is 15.7. The van der Waals surface area contributed by atoms with Gasteiger partial charge in [0.2, 0.25) is 10.0 Å². The van der Waals surface area contributed by atoms with Crippen LogP contribution >= 0.6 is 0 Å². The van der Waals surface area contributed by atoms with E-state index in [0.717, 1.165) is 15.1 Å². The lowest BCUT2D eigenvalue weighted by molar-refractivity contribution is 0.149. The second kappa shape index (κ2) is 8.91. The van der Waals surface area contributed by atoms with Gasteiger partial charge in [-0.05, 0) is 53.9 Å². The molecular weight excluding hydrogens is 493 g/mol. The van der Waals surface area contributed by atoms with Gasteiger partial charge in [-0.25, -0.2) is 25.5 Å². The molecule has 1 saturated heterocycles. The number of nitrogens with one attached hydrogen (secondary N) is 1. The van der Waals surface area contributed by atoms with Crippen LogP contribution in [0, 0.1) is 5.82 Å². The molecule has 1 N–H and O–H groups in total. The van der Waals surface area contributed by atoms with Crippen molar-refractivity contribution in [2.24, 2.45) is 0 Å². The predicted octanol–water partition coefficient (Wildman–Crippen LogP) is 3.97. The monoisotopic (exact) mass is 513 g/mol. The fraction of sp³-hybridized carbons (Fsp3) is 0.125. The summed E-state index contributed by atoms with van der Waals surface area (Å²) in [5, 5.41) is 1.62. The first-order valence-electron chi connectivity index (χ1n) is 10.6. The van der Waals surface area contributed by atoms with Crippen molar-refractivity contribution >= 4 is 42.2 Å². The first-order valence-corrected chi connectivity index (χ1v) is 13.7. The molecule has 1 aromatic heterocycles. The highest BCUT2D eigenvalue weighted by atomic mass is 32.2. The number of nitrogens with zero attached hydrogens (tertiary/aromatic N) is 2. The number of fused-ring (bicyclic) bond motifs is 1. The number of pyridine rings is 1. The van der Waals surface area contributed by atoms with Crippen LogP contribution in [0.5, 0.6) is 0 Å². The highest BCUT2D eigenvalue weighted by Gasteiger charge is 2.27. The van der Waals surface area contributed by atoms with E-state index in [9.17, 15) is 21.2 Å². The Hall–Kier alpha value is -3.54. The molecule has 3 aromatic carbocycles. The summed E-state index contributed by atoms with van der Waals surface area (Å²) in [4.78, 5) is 4.24. The number of hydrogen-bond donors (Lipinski definition) is 1. The topological polar surface area (TPSA) is 106 Å². The number of aromatic nitrogens is 1. The van der Waals surface area contributed by atoms with Gasteiger partial charge in [0.1, 0.15) is 12.5 Å². The Labute approximate surface area is 202 Å². The van der Waals surface area contributed by atoms with Gasteiger partial charge in [0.05, 0.1) is 28.6 Å². The van der Waals surface area contributed by atoms with E-state index in [2.05, 4.69) is 9.71 Å². The molecule has 0 amide bonds. The predicted molar refractivity (Wildman–Crippen MR) is 131 cm³/mol. The van der Waals surface area contributed by atoms with Gasteiger partial charge in [-0.2, -0.15) is 0 Å². The Bertz CT molecular complexity index is 1620. The third-order valence-electron chi connectivity index (χ3n) is 5.61. The molecule has 1 aliphatic heterocycles. The summed E-state index contributed by atoms with van der Waals surface area (Å²) in [6.45, 7) is -0.0175. The Balaban J connectivity index is 1.44. The molecule has 8 nitrogen and oxygen atoms in total. The van der Waals surface area contributed by atoms with E-state index in [-0.39, 0.29) is 35.2 Å². The Morgan fingerprint density at radius 3 is 2.54 bits per heavy atom. The second-order valence-corrected chi connectivity index (χ2v) is 11.6. The van der Waals surface area contributed by atoms with E-state index in [1.807, 2.05) is 30.3 Å². The summed E-state index contributed by atoms with van der Waals surface area (Å²) in [6.07, 6.45) is 1.57. The van der Waals surface area contributed by atoms with Crippen molar-refractivity contribution in [2.75, 3.05) is 28.1 Å². The van der Waals surface area contributed by atoms with Crippen LogP contribution in [0.15, 0.2) is 83.9 Å². The van der Waals surface area contributed by atoms with Crippen LogP contribution in [0.4, 0.5) is 15.8 Å². The van der Waals surface area contributed by atoms with Crippen LogP contribution in [0.25, 0.3) is 22.0 Å². The molecule has 0 atom stereocenters. The van der Waals surface area contributed by atoms with E-state index < -0.39 is 25.9 Å². The third kappa shape index (κ3) is 4.57. The maximum absolute atomic E-state index is 14.7. The lowest BCUT2D eigenvalue weighted by atomic mass is 10.0. The van der Waals surface area contributed by atoms with Gasteiger partial charge in [-0.1, -0.05) is 24.3 Å². The van der Waals surface area contributed by atoms with E-state index in [4.69, 9.17) is 4.74 Å². The highest BCUT2D eigenvalue weighted by molar-refractivity contribution is 7.93. The van der Waals surface area contributed by atoms with Crippen LogP contribution in [0.1, 0.15) is 0 Å². The van der Waals surface area contributed by atoms with Gasteiger partial charge in [0, 0.05) is 22.8 Å². The first-order chi connectivity index (χ1) is 16.7.